The smallest absolute Gasteiger partial charge is 0.164 e. The first-order valence-electron chi connectivity index (χ1n) is 5.80. The first-order chi connectivity index (χ1) is 9.08. The SMILES string of the molecule is Cc1nn(-c2ncnc3ccc(N)cc23)c(C)c1Br. The number of nitrogen functional groups attached to an aromatic ring is 1. The summed E-state index contributed by atoms with van der Waals surface area (Å²) >= 11 is 3.52. The van der Waals surface area contributed by atoms with Gasteiger partial charge in [0.25, 0.3) is 0 Å². The summed E-state index contributed by atoms with van der Waals surface area (Å²) in [4.78, 5) is 8.59. The summed E-state index contributed by atoms with van der Waals surface area (Å²) < 4.78 is 2.80. The van der Waals surface area contributed by atoms with Gasteiger partial charge >= 0.3 is 0 Å². The quantitative estimate of drug-likeness (QED) is 0.701. The van der Waals surface area contributed by atoms with Crippen molar-refractivity contribution in [3.63, 3.8) is 0 Å². The van der Waals surface area contributed by atoms with E-state index in [-0.39, 0.29) is 0 Å². The van der Waals surface area contributed by atoms with Crippen LogP contribution in [0.2, 0.25) is 0 Å². The molecule has 96 valence electrons. The minimum atomic E-state index is 0.684. The minimum absolute atomic E-state index is 0.684. The van der Waals surface area contributed by atoms with Crippen LogP contribution in [0, 0.1) is 13.8 Å². The van der Waals surface area contributed by atoms with E-state index in [9.17, 15) is 0 Å². The molecule has 0 aliphatic rings. The Bertz CT molecular complexity index is 778. The van der Waals surface area contributed by atoms with Crippen LogP contribution in [0.5, 0.6) is 0 Å². The molecule has 2 aromatic heterocycles. The van der Waals surface area contributed by atoms with Crippen molar-refractivity contribution in [1.82, 2.24) is 19.7 Å². The molecule has 0 aliphatic carbocycles. The van der Waals surface area contributed by atoms with Crippen molar-refractivity contribution in [2.24, 2.45) is 0 Å². The van der Waals surface area contributed by atoms with Gasteiger partial charge in [-0.1, -0.05) is 0 Å². The third-order valence-electron chi connectivity index (χ3n) is 3.04. The van der Waals surface area contributed by atoms with Crippen molar-refractivity contribution in [1.29, 1.82) is 0 Å². The lowest BCUT2D eigenvalue weighted by Crippen LogP contribution is -2.04. The van der Waals surface area contributed by atoms with Crippen molar-refractivity contribution in [2.75, 3.05) is 5.73 Å². The second kappa shape index (κ2) is 4.31. The summed E-state index contributed by atoms with van der Waals surface area (Å²) in [7, 11) is 0. The molecule has 2 N–H and O–H groups in total. The maximum atomic E-state index is 5.85. The first-order valence-corrected chi connectivity index (χ1v) is 6.59. The maximum Gasteiger partial charge on any atom is 0.164 e. The molecule has 0 spiro atoms. The maximum absolute atomic E-state index is 5.85. The zero-order valence-electron chi connectivity index (χ0n) is 10.6. The normalized spacial score (nSPS) is 11.1. The Labute approximate surface area is 118 Å². The number of aryl methyl sites for hydroxylation is 1. The molecule has 0 saturated heterocycles. The van der Waals surface area contributed by atoms with E-state index in [1.807, 2.05) is 36.7 Å². The molecule has 0 radical (unpaired) electrons. The zero-order valence-corrected chi connectivity index (χ0v) is 12.1. The topological polar surface area (TPSA) is 69.6 Å². The lowest BCUT2D eigenvalue weighted by molar-refractivity contribution is 0.810. The molecule has 0 saturated carbocycles. The van der Waals surface area contributed by atoms with Crippen LogP contribution in [-0.4, -0.2) is 19.7 Å². The minimum Gasteiger partial charge on any atom is -0.399 e. The third kappa shape index (κ3) is 1.88. The first kappa shape index (κ1) is 12.1. The molecule has 2 heterocycles. The van der Waals surface area contributed by atoms with E-state index in [0.29, 0.717) is 5.69 Å². The molecule has 0 fully saturated rings. The highest BCUT2D eigenvalue weighted by molar-refractivity contribution is 9.10. The van der Waals surface area contributed by atoms with Gasteiger partial charge in [0, 0.05) is 11.1 Å². The number of nitrogens with zero attached hydrogens (tertiary/aromatic N) is 4. The molecule has 19 heavy (non-hydrogen) atoms. The molecular weight excluding hydrogens is 306 g/mol. The summed E-state index contributed by atoms with van der Waals surface area (Å²) in [6.45, 7) is 3.94. The number of halogens is 1. The lowest BCUT2D eigenvalue weighted by atomic mass is 10.2. The van der Waals surface area contributed by atoms with Crippen molar-refractivity contribution >= 4 is 32.5 Å². The van der Waals surface area contributed by atoms with Crippen LogP contribution in [0.1, 0.15) is 11.4 Å². The van der Waals surface area contributed by atoms with Gasteiger partial charge in [0.05, 0.1) is 21.4 Å². The summed E-state index contributed by atoms with van der Waals surface area (Å²) in [6.07, 6.45) is 1.54. The van der Waals surface area contributed by atoms with E-state index in [1.54, 1.807) is 0 Å². The molecule has 3 aromatic rings. The molecular formula is C13H12BrN5. The molecule has 1 aromatic carbocycles. The van der Waals surface area contributed by atoms with Crippen LogP contribution in [-0.2, 0) is 0 Å². The average molecular weight is 318 g/mol. The highest BCUT2D eigenvalue weighted by atomic mass is 79.9. The molecule has 3 rings (SSSR count). The predicted molar refractivity (Wildman–Crippen MR) is 78.2 cm³/mol. The lowest BCUT2D eigenvalue weighted by Gasteiger charge is -2.07. The summed E-state index contributed by atoms with van der Waals surface area (Å²) in [5.74, 6) is 0.739. The van der Waals surface area contributed by atoms with Crippen molar-refractivity contribution in [3.05, 3.63) is 40.4 Å². The van der Waals surface area contributed by atoms with Crippen LogP contribution >= 0.6 is 15.9 Å². The van der Waals surface area contributed by atoms with Crippen molar-refractivity contribution < 1.29 is 0 Å². The standard InChI is InChI=1S/C13H12BrN5/c1-7-12(14)8(2)19(18-7)13-10-5-9(15)3-4-11(10)16-6-17-13/h3-6H,15H2,1-2H3. The molecule has 0 atom stereocenters. The van der Waals surface area contributed by atoms with Crippen LogP contribution in [0.3, 0.4) is 0 Å². The van der Waals surface area contributed by atoms with E-state index >= 15 is 0 Å². The van der Waals surface area contributed by atoms with Crippen LogP contribution in [0.15, 0.2) is 29.0 Å². The van der Waals surface area contributed by atoms with Gasteiger partial charge in [-0.25, -0.2) is 14.6 Å². The Morgan fingerprint density at radius 3 is 2.68 bits per heavy atom. The number of rotatable bonds is 1. The summed E-state index contributed by atoms with van der Waals surface area (Å²) in [6, 6.07) is 5.59. The third-order valence-corrected chi connectivity index (χ3v) is 4.19. The number of hydrogen-bond donors (Lipinski definition) is 1. The largest absolute Gasteiger partial charge is 0.399 e. The average Bonchev–Trinajstić information content (AvgIpc) is 2.66. The zero-order chi connectivity index (χ0) is 13.6. The molecule has 0 unspecified atom stereocenters. The van der Waals surface area contributed by atoms with E-state index in [0.717, 1.165) is 32.6 Å². The van der Waals surface area contributed by atoms with Gasteiger partial charge in [0.2, 0.25) is 0 Å². The van der Waals surface area contributed by atoms with Gasteiger partial charge < -0.3 is 5.73 Å². The van der Waals surface area contributed by atoms with Gasteiger partial charge in [0.1, 0.15) is 6.33 Å². The monoisotopic (exact) mass is 317 g/mol. The molecule has 0 amide bonds. The number of anilines is 1. The van der Waals surface area contributed by atoms with Gasteiger partial charge in [0.15, 0.2) is 5.82 Å². The van der Waals surface area contributed by atoms with Crippen LogP contribution in [0.4, 0.5) is 5.69 Å². The number of aromatic nitrogens is 4. The number of hydrogen-bond acceptors (Lipinski definition) is 4. The number of benzene rings is 1. The van der Waals surface area contributed by atoms with E-state index in [4.69, 9.17) is 5.73 Å². The summed E-state index contributed by atoms with van der Waals surface area (Å²) in [5.41, 5.74) is 9.31. The van der Waals surface area contributed by atoms with E-state index in [1.165, 1.54) is 6.33 Å². The Morgan fingerprint density at radius 1 is 1.21 bits per heavy atom. The summed E-state index contributed by atoms with van der Waals surface area (Å²) in [5, 5.41) is 5.39. The fourth-order valence-corrected chi connectivity index (χ4v) is 2.31. The second-order valence-electron chi connectivity index (χ2n) is 4.37. The Balaban J connectivity index is 2.36. The van der Waals surface area contributed by atoms with Gasteiger partial charge in [-0.15, -0.1) is 0 Å². The molecule has 5 nitrogen and oxygen atoms in total. The highest BCUT2D eigenvalue weighted by Gasteiger charge is 2.14. The van der Waals surface area contributed by atoms with Crippen LogP contribution in [0.25, 0.3) is 16.7 Å². The van der Waals surface area contributed by atoms with E-state index in [2.05, 4.69) is 31.0 Å². The van der Waals surface area contributed by atoms with Gasteiger partial charge in [-0.05, 0) is 48.0 Å². The number of nitrogens with two attached hydrogens (primary N) is 1. The molecule has 0 aliphatic heterocycles. The van der Waals surface area contributed by atoms with Crippen LogP contribution < -0.4 is 5.73 Å². The van der Waals surface area contributed by atoms with Gasteiger partial charge in [-0.3, -0.25) is 0 Å². The van der Waals surface area contributed by atoms with Crippen molar-refractivity contribution in [2.45, 2.75) is 13.8 Å². The fraction of sp³-hybridized carbons (Fsp3) is 0.154. The van der Waals surface area contributed by atoms with Crippen molar-refractivity contribution in [3.8, 4) is 5.82 Å². The Morgan fingerprint density at radius 2 is 2.00 bits per heavy atom. The fourth-order valence-electron chi connectivity index (χ4n) is 2.06. The Hall–Kier alpha value is -1.95. The second-order valence-corrected chi connectivity index (χ2v) is 5.16. The van der Waals surface area contributed by atoms with Gasteiger partial charge in [-0.2, -0.15) is 5.10 Å². The Kier molecular flexibility index (Phi) is 2.74. The molecule has 0 bridgehead atoms. The van der Waals surface area contributed by atoms with E-state index < -0.39 is 0 Å². The predicted octanol–water partition coefficient (Wildman–Crippen LogP) is 2.78. The molecule has 6 heteroatoms. The number of fused-ring (bicyclic) bond motifs is 1. The highest BCUT2D eigenvalue weighted by Crippen LogP contribution is 2.26.